The molecule has 1 aromatic carbocycles. The third-order valence-corrected chi connectivity index (χ3v) is 4.20. The molecule has 1 fully saturated rings. The summed E-state index contributed by atoms with van der Waals surface area (Å²) in [5, 5.41) is 13.2. The zero-order valence-corrected chi connectivity index (χ0v) is 12.2. The van der Waals surface area contributed by atoms with Crippen LogP contribution in [0.1, 0.15) is 36.5 Å². The fourth-order valence-electron chi connectivity index (χ4n) is 2.48. The predicted molar refractivity (Wildman–Crippen MR) is 77.3 cm³/mol. The Morgan fingerprint density at radius 1 is 1.37 bits per heavy atom. The van der Waals surface area contributed by atoms with Gasteiger partial charge in [-0.3, -0.25) is 0 Å². The van der Waals surface area contributed by atoms with E-state index in [9.17, 15) is 5.11 Å². The van der Waals surface area contributed by atoms with Crippen LogP contribution >= 0.6 is 0 Å². The van der Waals surface area contributed by atoms with Crippen LogP contribution in [0.4, 0.5) is 0 Å². The molecule has 2 atom stereocenters. The Balaban J connectivity index is 2.08. The van der Waals surface area contributed by atoms with Gasteiger partial charge < -0.3 is 15.2 Å². The summed E-state index contributed by atoms with van der Waals surface area (Å²) >= 11 is 0. The summed E-state index contributed by atoms with van der Waals surface area (Å²) in [5.41, 5.74) is 3.28. The number of hydrogen-bond donors (Lipinski definition) is 2. The maximum atomic E-state index is 9.77. The number of aliphatic hydroxyl groups excluding tert-OH is 1. The van der Waals surface area contributed by atoms with Crippen LogP contribution in [-0.4, -0.2) is 31.0 Å². The van der Waals surface area contributed by atoms with Crippen molar-refractivity contribution in [1.82, 2.24) is 5.32 Å². The number of hydrogen-bond acceptors (Lipinski definition) is 3. The lowest BCUT2D eigenvalue weighted by Gasteiger charge is -2.31. The molecule has 2 N–H and O–H groups in total. The number of ether oxygens (including phenoxy) is 1. The van der Waals surface area contributed by atoms with Crippen LogP contribution in [0.5, 0.6) is 0 Å². The Bertz CT molecular complexity index is 427. The Kier molecular flexibility index (Phi) is 4.61. The Morgan fingerprint density at radius 2 is 2.16 bits per heavy atom. The van der Waals surface area contributed by atoms with E-state index in [2.05, 4.69) is 37.4 Å². The van der Waals surface area contributed by atoms with Crippen LogP contribution in [0.2, 0.25) is 0 Å². The third-order valence-electron chi connectivity index (χ3n) is 4.20. The fraction of sp³-hybridized carbons (Fsp3) is 0.625. The Hall–Kier alpha value is -0.900. The first kappa shape index (κ1) is 14.5. The van der Waals surface area contributed by atoms with Gasteiger partial charge in [0.05, 0.1) is 18.2 Å². The molecule has 2 rings (SSSR count). The summed E-state index contributed by atoms with van der Waals surface area (Å²) in [5.74, 6) is 0. The molecular weight excluding hydrogens is 238 g/mol. The molecule has 0 bridgehead atoms. The zero-order chi connectivity index (χ0) is 13.9. The molecule has 0 radical (unpaired) electrons. The van der Waals surface area contributed by atoms with Crippen molar-refractivity contribution in [3.63, 3.8) is 0 Å². The van der Waals surface area contributed by atoms with Crippen LogP contribution < -0.4 is 5.32 Å². The highest BCUT2D eigenvalue weighted by Crippen LogP contribution is 2.23. The van der Waals surface area contributed by atoms with Crippen molar-refractivity contribution in [1.29, 1.82) is 0 Å². The highest BCUT2D eigenvalue weighted by molar-refractivity contribution is 5.34. The van der Waals surface area contributed by atoms with Gasteiger partial charge in [-0.1, -0.05) is 18.2 Å². The molecule has 1 aliphatic rings. The van der Waals surface area contributed by atoms with Gasteiger partial charge in [-0.2, -0.15) is 0 Å². The average Bonchev–Trinajstić information content (AvgIpc) is 2.92. The van der Waals surface area contributed by atoms with Gasteiger partial charge in [0, 0.05) is 13.2 Å². The lowest BCUT2D eigenvalue weighted by Crippen LogP contribution is -2.46. The van der Waals surface area contributed by atoms with E-state index in [1.165, 1.54) is 11.1 Å². The smallest absolute Gasteiger partial charge is 0.0700 e. The molecule has 3 heteroatoms. The first-order valence-electron chi connectivity index (χ1n) is 7.10. The van der Waals surface area contributed by atoms with Gasteiger partial charge in [0.15, 0.2) is 0 Å². The van der Waals surface area contributed by atoms with E-state index in [0.717, 1.165) is 31.6 Å². The van der Waals surface area contributed by atoms with E-state index in [-0.39, 0.29) is 12.7 Å². The van der Waals surface area contributed by atoms with Crippen LogP contribution in [0.3, 0.4) is 0 Å². The van der Waals surface area contributed by atoms with Crippen LogP contribution in [0.25, 0.3) is 0 Å². The van der Waals surface area contributed by atoms with E-state index >= 15 is 0 Å². The standard InChI is InChI=1S/C16H25NO2/c1-12-6-7-14(9-13(12)2)16(3,11-18)17-10-15-5-4-8-19-15/h6-7,9,15,17-18H,4-5,8,10-11H2,1-3H3. The van der Waals surface area contributed by atoms with Crippen molar-refractivity contribution in [2.45, 2.75) is 45.3 Å². The SMILES string of the molecule is Cc1ccc(C(C)(CO)NCC2CCCO2)cc1C. The fourth-order valence-corrected chi connectivity index (χ4v) is 2.48. The number of rotatable bonds is 5. The summed E-state index contributed by atoms with van der Waals surface area (Å²) in [4.78, 5) is 0. The largest absolute Gasteiger partial charge is 0.394 e. The van der Waals surface area contributed by atoms with Crippen molar-refractivity contribution in [2.75, 3.05) is 19.8 Å². The van der Waals surface area contributed by atoms with E-state index in [0.29, 0.717) is 0 Å². The van der Waals surface area contributed by atoms with Crippen LogP contribution in [0.15, 0.2) is 18.2 Å². The highest BCUT2D eigenvalue weighted by atomic mass is 16.5. The van der Waals surface area contributed by atoms with Crippen molar-refractivity contribution in [2.24, 2.45) is 0 Å². The van der Waals surface area contributed by atoms with Gasteiger partial charge in [0.2, 0.25) is 0 Å². The second kappa shape index (κ2) is 6.04. The number of nitrogens with one attached hydrogen (secondary N) is 1. The molecule has 1 heterocycles. The van der Waals surface area contributed by atoms with Crippen molar-refractivity contribution < 1.29 is 9.84 Å². The van der Waals surface area contributed by atoms with E-state index < -0.39 is 5.54 Å². The molecule has 0 saturated carbocycles. The van der Waals surface area contributed by atoms with Crippen LogP contribution in [-0.2, 0) is 10.3 Å². The van der Waals surface area contributed by atoms with E-state index in [1.54, 1.807) is 0 Å². The first-order valence-corrected chi connectivity index (χ1v) is 7.10. The highest BCUT2D eigenvalue weighted by Gasteiger charge is 2.27. The molecule has 19 heavy (non-hydrogen) atoms. The summed E-state index contributed by atoms with van der Waals surface area (Å²) < 4.78 is 5.63. The number of aliphatic hydroxyl groups is 1. The van der Waals surface area contributed by atoms with Gasteiger partial charge in [0.25, 0.3) is 0 Å². The van der Waals surface area contributed by atoms with Gasteiger partial charge in [0.1, 0.15) is 0 Å². The summed E-state index contributed by atoms with van der Waals surface area (Å²) in [7, 11) is 0. The minimum Gasteiger partial charge on any atom is -0.394 e. The first-order chi connectivity index (χ1) is 9.05. The Morgan fingerprint density at radius 3 is 2.74 bits per heavy atom. The second-order valence-electron chi connectivity index (χ2n) is 5.81. The summed E-state index contributed by atoms with van der Waals surface area (Å²) in [6, 6.07) is 6.38. The molecule has 1 aliphatic heterocycles. The van der Waals surface area contributed by atoms with Crippen molar-refractivity contribution in [3.05, 3.63) is 34.9 Å². The van der Waals surface area contributed by atoms with Gasteiger partial charge in [-0.15, -0.1) is 0 Å². The summed E-state index contributed by atoms with van der Waals surface area (Å²) in [6.45, 7) is 8.01. The van der Waals surface area contributed by atoms with Gasteiger partial charge in [-0.05, 0) is 50.3 Å². The molecule has 1 saturated heterocycles. The maximum absolute atomic E-state index is 9.77. The molecule has 106 valence electrons. The lowest BCUT2D eigenvalue weighted by atomic mass is 9.90. The van der Waals surface area contributed by atoms with E-state index in [4.69, 9.17) is 4.74 Å². The molecule has 2 unspecified atom stereocenters. The molecule has 0 spiro atoms. The molecular formula is C16H25NO2. The number of aryl methyl sites for hydroxylation is 2. The normalized spacial score (nSPS) is 22.4. The quantitative estimate of drug-likeness (QED) is 0.856. The molecule has 0 aliphatic carbocycles. The second-order valence-corrected chi connectivity index (χ2v) is 5.81. The molecule has 0 amide bonds. The predicted octanol–water partition coefficient (Wildman–Crippen LogP) is 2.28. The van der Waals surface area contributed by atoms with Crippen molar-refractivity contribution >= 4 is 0 Å². The van der Waals surface area contributed by atoms with Crippen molar-refractivity contribution in [3.8, 4) is 0 Å². The minimum atomic E-state index is -0.398. The van der Waals surface area contributed by atoms with E-state index in [1.807, 2.05) is 6.92 Å². The zero-order valence-electron chi connectivity index (χ0n) is 12.2. The lowest BCUT2D eigenvalue weighted by molar-refractivity contribution is 0.0910. The van der Waals surface area contributed by atoms with Gasteiger partial charge >= 0.3 is 0 Å². The molecule has 0 aromatic heterocycles. The van der Waals surface area contributed by atoms with Crippen LogP contribution in [0, 0.1) is 13.8 Å². The molecule has 1 aromatic rings. The van der Waals surface area contributed by atoms with Gasteiger partial charge in [-0.25, -0.2) is 0 Å². The average molecular weight is 263 g/mol. The minimum absolute atomic E-state index is 0.0855. The maximum Gasteiger partial charge on any atom is 0.0700 e. The monoisotopic (exact) mass is 263 g/mol. The topological polar surface area (TPSA) is 41.5 Å². The Labute approximate surface area is 116 Å². The third kappa shape index (κ3) is 3.35. The summed E-state index contributed by atoms with van der Waals surface area (Å²) in [6.07, 6.45) is 2.55. The molecule has 3 nitrogen and oxygen atoms in total. The number of benzene rings is 1.